The number of carbonyl (C=O) groups excluding carboxylic acids is 1. The molecule has 29 heavy (non-hydrogen) atoms. The predicted molar refractivity (Wildman–Crippen MR) is 112 cm³/mol. The molecule has 3 aromatic rings. The third kappa shape index (κ3) is 5.91. The second kappa shape index (κ2) is 9.86. The maximum atomic E-state index is 12.0. The lowest BCUT2D eigenvalue weighted by atomic mass is 10.0. The number of methoxy groups -OCH3 is 1. The van der Waals surface area contributed by atoms with Crippen molar-refractivity contribution in [1.29, 1.82) is 0 Å². The Balaban J connectivity index is 1.64. The van der Waals surface area contributed by atoms with Gasteiger partial charge in [-0.05, 0) is 66.4 Å². The molecule has 3 rings (SSSR count). The molecule has 0 saturated carbocycles. The van der Waals surface area contributed by atoms with Crippen molar-refractivity contribution in [2.45, 2.75) is 12.8 Å². The summed E-state index contributed by atoms with van der Waals surface area (Å²) in [5.74, 6) is 0.798. The molecule has 0 spiro atoms. The Morgan fingerprint density at radius 3 is 2.34 bits per heavy atom. The van der Waals surface area contributed by atoms with Crippen molar-refractivity contribution in [2.75, 3.05) is 19.5 Å². The Bertz CT molecular complexity index is 963. The maximum Gasteiger partial charge on any atom is 0.274 e. The van der Waals surface area contributed by atoms with E-state index in [1.807, 2.05) is 24.3 Å². The minimum Gasteiger partial charge on any atom is -0.497 e. The average Bonchev–Trinajstić information content (AvgIpc) is 2.75. The summed E-state index contributed by atoms with van der Waals surface area (Å²) in [5.41, 5.74) is 5.60. The van der Waals surface area contributed by atoms with Gasteiger partial charge < -0.3 is 10.1 Å². The number of carbonyl (C=O) groups is 1. The number of hydrogen-bond donors (Lipinski definition) is 2. The molecule has 2 N–H and O–H groups in total. The van der Waals surface area contributed by atoms with Gasteiger partial charge in [-0.3, -0.25) is 9.63 Å². The Hall–Kier alpha value is -3.16. The van der Waals surface area contributed by atoms with Crippen LogP contribution in [-0.2, 0) is 17.7 Å². The summed E-state index contributed by atoms with van der Waals surface area (Å²) in [6.07, 6.45) is 4.99. The van der Waals surface area contributed by atoms with Crippen LogP contribution in [0.3, 0.4) is 0 Å². The zero-order valence-corrected chi connectivity index (χ0v) is 16.9. The number of hydroxylamine groups is 1. The number of aryl methyl sites for hydroxylation is 2. The van der Waals surface area contributed by atoms with Crippen LogP contribution < -0.4 is 15.5 Å². The topological polar surface area (TPSA) is 85.4 Å². The lowest BCUT2D eigenvalue weighted by Crippen LogP contribution is -2.22. The minimum absolute atomic E-state index is 0.325. The monoisotopic (exact) mass is 412 g/mol. The summed E-state index contributed by atoms with van der Waals surface area (Å²) in [6.45, 7) is 0. The van der Waals surface area contributed by atoms with Crippen molar-refractivity contribution >= 4 is 29.1 Å². The molecule has 0 fully saturated rings. The quantitative estimate of drug-likeness (QED) is 0.545. The fourth-order valence-corrected chi connectivity index (χ4v) is 2.83. The molecule has 0 unspecified atom stereocenters. The van der Waals surface area contributed by atoms with Gasteiger partial charge in [-0.2, -0.15) is 0 Å². The molecule has 1 aromatic heterocycles. The van der Waals surface area contributed by atoms with E-state index in [1.54, 1.807) is 37.7 Å². The maximum absolute atomic E-state index is 12.0. The third-order valence-corrected chi connectivity index (χ3v) is 4.42. The standard InChI is InChI=1S/C21H21ClN4O3/c1-28-19-10-14(9-16(11-19)20(27)26-29-2)3-4-15-12-23-21(24-13-15)25-18-7-5-17(22)6-8-18/h5-13H,3-4H2,1-2H3,(H,26,27)(H,23,24,25). The van der Waals surface area contributed by atoms with E-state index < -0.39 is 0 Å². The van der Waals surface area contributed by atoms with Gasteiger partial charge in [0.25, 0.3) is 5.91 Å². The first-order valence-electron chi connectivity index (χ1n) is 8.92. The van der Waals surface area contributed by atoms with Gasteiger partial charge in [-0.25, -0.2) is 15.4 Å². The minimum atomic E-state index is -0.325. The second-order valence-electron chi connectivity index (χ2n) is 6.25. The van der Waals surface area contributed by atoms with Crippen molar-refractivity contribution in [3.05, 3.63) is 76.6 Å². The third-order valence-electron chi connectivity index (χ3n) is 4.17. The molecular formula is C21H21ClN4O3. The highest BCUT2D eigenvalue weighted by molar-refractivity contribution is 6.30. The number of nitrogens with zero attached hydrogens (tertiary/aromatic N) is 2. The van der Waals surface area contributed by atoms with E-state index >= 15 is 0 Å². The van der Waals surface area contributed by atoms with Crippen LogP contribution in [0.25, 0.3) is 0 Å². The molecule has 0 aliphatic heterocycles. The molecule has 150 valence electrons. The summed E-state index contributed by atoms with van der Waals surface area (Å²) in [5, 5.41) is 3.80. The lowest BCUT2D eigenvalue weighted by molar-refractivity contribution is 0.0537. The molecule has 2 aromatic carbocycles. The van der Waals surface area contributed by atoms with E-state index in [0.29, 0.717) is 28.7 Å². The zero-order valence-electron chi connectivity index (χ0n) is 16.1. The summed E-state index contributed by atoms with van der Waals surface area (Å²) >= 11 is 5.89. The van der Waals surface area contributed by atoms with Crippen LogP contribution in [0.2, 0.25) is 5.02 Å². The lowest BCUT2D eigenvalue weighted by Gasteiger charge is -2.09. The average molecular weight is 413 g/mol. The number of aromatic nitrogens is 2. The number of hydrogen-bond acceptors (Lipinski definition) is 6. The van der Waals surface area contributed by atoms with Crippen LogP contribution in [0, 0.1) is 0 Å². The molecule has 0 aliphatic rings. The van der Waals surface area contributed by atoms with Gasteiger partial charge in [0, 0.05) is 28.7 Å². The van der Waals surface area contributed by atoms with Crippen LogP contribution in [0.1, 0.15) is 21.5 Å². The van der Waals surface area contributed by atoms with Gasteiger partial charge in [0.05, 0.1) is 14.2 Å². The Kier molecular flexibility index (Phi) is 6.99. The van der Waals surface area contributed by atoms with E-state index in [0.717, 1.165) is 23.2 Å². The van der Waals surface area contributed by atoms with E-state index in [-0.39, 0.29) is 5.91 Å². The van der Waals surface area contributed by atoms with E-state index in [4.69, 9.17) is 21.2 Å². The van der Waals surface area contributed by atoms with E-state index in [1.165, 1.54) is 7.11 Å². The fourth-order valence-electron chi connectivity index (χ4n) is 2.71. The molecule has 0 atom stereocenters. The summed E-state index contributed by atoms with van der Waals surface area (Å²) in [6, 6.07) is 12.7. The van der Waals surface area contributed by atoms with Crippen LogP contribution in [-0.4, -0.2) is 30.1 Å². The molecule has 0 radical (unpaired) electrons. The molecular weight excluding hydrogens is 392 g/mol. The predicted octanol–water partition coefficient (Wildman–Crippen LogP) is 3.96. The SMILES string of the molecule is CONC(=O)c1cc(CCc2cnc(Nc3ccc(Cl)cc3)nc2)cc(OC)c1. The largest absolute Gasteiger partial charge is 0.497 e. The zero-order chi connectivity index (χ0) is 20.6. The summed E-state index contributed by atoms with van der Waals surface area (Å²) in [4.78, 5) is 25.4. The van der Waals surface area contributed by atoms with Crippen molar-refractivity contribution in [3.8, 4) is 5.75 Å². The van der Waals surface area contributed by atoms with Gasteiger partial charge in [0.2, 0.25) is 5.95 Å². The molecule has 0 aliphatic carbocycles. The molecule has 1 heterocycles. The number of nitrogens with one attached hydrogen (secondary N) is 2. The van der Waals surface area contributed by atoms with Gasteiger partial charge in [-0.15, -0.1) is 0 Å². The highest BCUT2D eigenvalue weighted by Crippen LogP contribution is 2.20. The molecule has 0 saturated heterocycles. The van der Waals surface area contributed by atoms with Gasteiger partial charge in [0.15, 0.2) is 0 Å². The first-order valence-corrected chi connectivity index (χ1v) is 9.30. The number of amides is 1. The van der Waals surface area contributed by atoms with Crippen molar-refractivity contribution in [1.82, 2.24) is 15.4 Å². The van der Waals surface area contributed by atoms with Gasteiger partial charge in [0.1, 0.15) is 5.75 Å². The van der Waals surface area contributed by atoms with Gasteiger partial charge >= 0.3 is 0 Å². The van der Waals surface area contributed by atoms with Crippen molar-refractivity contribution in [3.63, 3.8) is 0 Å². The Morgan fingerprint density at radius 1 is 1.00 bits per heavy atom. The van der Waals surface area contributed by atoms with E-state index in [2.05, 4.69) is 20.8 Å². The summed E-state index contributed by atoms with van der Waals surface area (Å²) < 4.78 is 5.29. The van der Waals surface area contributed by atoms with Crippen LogP contribution in [0.15, 0.2) is 54.9 Å². The number of anilines is 2. The highest BCUT2D eigenvalue weighted by Gasteiger charge is 2.09. The molecule has 0 bridgehead atoms. The van der Waals surface area contributed by atoms with Crippen molar-refractivity contribution < 1.29 is 14.4 Å². The second-order valence-corrected chi connectivity index (χ2v) is 6.69. The smallest absolute Gasteiger partial charge is 0.274 e. The first-order chi connectivity index (χ1) is 14.1. The van der Waals surface area contributed by atoms with Crippen LogP contribution in [0.4, 0.5) is 11.6 Å². The Morgan fingerprint density at radius 2 is 1.69 bits per heavy atom. The van der Waals surface area contributed by atoms with E-state index in [9.17, 15) is 4.79 Å². The Labute approximate surface area is 174 Å². The number of rotatable bonds is 8. The fraction of sp³-hybridized carbons (Fsp3) is 0.190. The summed E-state index contributed by atoms with van der Waals surface area (Å²) in [7, 11) is 2.96. The molecule has 1 amide bonds. The number of halogens is 1. The molecule has 7 nitrogen and oxygen atoms in total. The van der Waals surface area contributed by atoms with Crippen LogP contribution >= 0.6 is 11.6 Å². The van der Waals surface area contributed by atoms with Crippen LogP contribution in [0.5, 0.6) is 5.75 Å². The highest BCUT2D eigenvalue weighted by atomic mass is 35.5. The number of ether oxygens (including phenoxy) is 1. The van der Waals surface area contributed by atoms with Crippen molar-refractivity contribution in [2.24, 2.45) is 0 Å². The normalized spacial score (nSPS) is 10.4. The first kappa shape index (κ1) is 20.6. The number of benzene rings is 2. The molecule has 8 heteroatoms. The van der Waals surface area contributed by atoms with Gasteiger partial charge in [-0.1, -0.05) is 11.6 Å².